The van der Waals surface area contributed by atoms with Crippen molar-refractivity contribution in [3.63, 3.8) is 0 Å². The molecular formula is C13H18N8O3S3. The molecule has 0 bridgehead atoms. The lowest BCUT2D eigenvalue weighted by molar-refractivity contribution is 0.485. The third-order valence-corrected chi connectivity index (χ3v) is 5.95. The summed E-state index contributed by atoms with van der Waals surface area (Å²) in [6.45, 7) is 7.94. The Hall–Kier alpha value is -1.90. The molecule has 0 aliphatic rings. The summed E-state index contributed by atoms with van der Waals surface area (Å²) in [5.41, 5.74) is 1.76. The summed E-state index contributed by atoms with van der Waals surface area (Å²) in [7, 11) is -4.00. The number of hydrogen-bond acceptors (Lipinski definition) is 10. The number of thioether (sulfide) groups is 1. The van der Waals surface area contributed by atoms with Crippen LogP contribution in [0.4, 0.5) is 10.8 Å². The van der Waals surface area contributed by atoms with E-state index in [1.54, 1.807) is 4.52 Å². The lowest BCUT2D eigenvalue weighted by Gasteiger charge is -2.15. The van der Waals surface area contributed by atoms with E-state index in [9.17, 15) is 8.42 Å². The Bertz CT molecular complexity index is 1090. The zero-order valence-corrected chi connectivity index (χ0v) is 17.5. The third-order valence-electron chi connectivity index (χ3n) is 3.41. The minimum atomic E-state index is -4.00. The molecule has 0 radical (unpaired) electrons. The van der Waals surface area contributed by atoms with Crippen LogP contribution in [0.5, 0.6) is 0 Å². The van der Waals surface area contributed by atoms with Gasteiger partial charge in [-0.05, 0) is 6.92 Å². The number of fused-ring (bicyclic) bond motifs is 1. The van der Waals surface area contributed by atoms with Crippen LogP contribution in [0.1, 0.15) is 32.3 Å². The van der Waals surface area contributed by atoms with Gasteiger partial charge in [0.1, 0.15) is 5.82 Å². The van der Waals surface area contributed by atoms with Gasteiger partial charge in [0.15, 0.2) is 11.3 Å². The van der Waals surface area contributed by atoms with Gasteiger partial charge in [-0.2, -0.15) is 32.5 Å². The predicted octanol–water partition coefficient (Wildman–Crippen LogP) is 2.91. The standard InChI is InChI=1S/C13H18N8O3S3/c1-7-15-17-10-8(9(13(2,3)4)19-21(7)10)16-18-11-14-12(20-26-11)25-5-6-27(22,23)24/h17H,5-6H2,1-4H3,(H,22,23,24)/b18-16+. The fourth-order valence-corrected chi connectivity index (χ4v) is 4.45. The van der Waals surface area contributed by atoms with Crippen LogP contribution in [0.3, 0.4) is 0 Å². The van der Waals surface area contributed by atoms with Gasteiger partial charge in [-0.3, -0.25) is 9.65 Å². The quantitative estimate of drug-likeness (QED) is 0.344. The zero-order valence-electron chi connectivity index (χ0n) is 15.0. The Morgan fingerprint density at radius 2 is 2.07 bits per heavy atom. The maximum absolute atomic E-state index is 10.7. The Kier molecular flexibility index (Phi) is 5.33. The summed E-state index contributed by atoms with van der Waals surface area (Å²) in [6, 6.07) is 0. The van der Waals surface area contributed by atoms with Gasteiger partial charge in [0, 0.05) is 22.7 Å². The lowest BCUT2D eigenvalue weighted by Crippen LogP contribution is -2.12. The second-order valence-corrected chi connectivity index (χ2v) is 10.0. The number of hydrogen-bond donors (Lipinski definition) is 2. The molecular weight excluding hydrogens is 412 g/mol. The zero-order chi connectivity index (χ0) is 19.8. The van der Waals surface area contributed by atoms with Gasteiger partial charge < -0.3 is 0 Å². The van der Waals surface area contributed by atoms with E-state index in [1.165, 1.54) is 0 Å². The number of aromatic nitrogens is 6. The first kappa shape index (κ1) is 19.9. The molecule has 0 aliphatic carbocycles. The Morgan fingerprint density at radius 1 is 1.33 bits per heavy atom. The highest BCUT2D eigenvalue weighted by molar-refractivity contribution is 8.00. The highest BCUT2D eigenvalue weighted by Crippen LogP contribution is 2.35. The van der Waals surface area contributed by atoms with Crippen molar-refractivity contribution < 1.29 is 13.0 Å². The Balaban J connectivity index is 1.82. The molecule has 27 heavy (non-hydrogen) atoms. The van der Waals surface area contributed by atoms with Crippen LogP contribution in [0.2, 0.25) is 0 Å². The summed E-state index contributed by atoms with van der Waals surface area (Å²) < 4.78 is 36.0. The lowest BCUT2D eigenvalue weighted by atomic mass is 9.91. The summed E-state index contributed by atoms with van der Waals surface area (Å²) in [4.78, 5) is 4.19. The number of H-pyrrole nitrogens is 1. The highest BCUT2D eigenvalue weighted by atomic mass is 32.2. The summed E-state index contributed by atoms with van der Waals surface area (Å²) in [5, 5.41) is 20.8. The normalized spacial score (nSPS) is 13.2. The molecule has 2 N–H and O–H groups in total. The van der Waals surface area contributed by atoms with E-state index in [4.69, 9.17) is 4.55 Å². The Labute approximate surface area is 163 Å². The van der Waals surface area contributed by atoms with Crippen molar-refractivity contribution in [1.29, 1.82) is 0 Å². The molecule has 3 aromatic rings. The molecule has 0 amide bonds. The van der Waals surface area contributed by atoms with Gasteiger partial charge in [0.2, 0.25) is 10.3 Å². The van der Waals surface area contributed by atoms with E-state index < -0.39 is 10.1 Å². The minimum Gasteiger partial charge on any atom is -0.286 e. The van der Waals surface area contributed by atoms with Crippen molar-refractivity contribution in [2.75, 3.05) is 11.5 Å². The molecule has 0 unspecified atom stereocenters. The van der Waals surface area contributed by atoms with E-state index in [2.05, 4.69) is 34.9 Å². The molecule has 0 aromatic carbocycles. The largest absolute Gasteiger partial charge is 0.286 e. The summed E-state index contributed by atoms with van der Waals surface area (Å²) in [6.07, 6.45) is 0. The van der Waals surface area contributed by atoms with E-state index >= 15 is 0 Å². The fourth-order valence-electron chi connectivity index (χ4n) is 2.16. The van der Waals surface area contributed by atoms with Crippen molar-refractivity contribution >= 4 is 49.9 Å². The van der Waals surface area contributed by atoms with Gasteiger partial charge >= 0.3 is 0 Å². The topological polar surface area (TPSA) is 151 Å². The first-order valence-corrected chi connectivity index (χ1v) is 11.2. The van der Waals surface area contributed by atoms with E-state index in [0.717, 1.165) is 29.0 Å². The van der Waals surface area contributed by atoms with Gasteiger partial charge in [-0.15, -0.1) is 10.2 Å². The molecule has 3 rings (SSSR count). The molecule has 146 valence electrons. The average molecular weight is 431 g/mol. The molecule has 0 spiro atoms. The monoisotopic (exact) mass is 430 g/mol. The summed E-state index contributed by atoms with van der Waals surface area (Å²) >= 11 is 2.17. The average Bonchev–Trinajstić information content (AvgIpc) is 3.20. The molecule has 0 atom stereocenters. The second-order valence-electron chi connectivity index (χ2n) is 6.67. The van der Waals surface area contributed by atoms with Crippen LogP contribution in [0, 0.1) is 6.92 Å². The van der Waals surface area contributed by atoms with Crippen LogP contribution in [0.25, 0.3) is 5.65 Å². The number of azo groups is 1. The molecule has 14 heteroatoms. The first-order chi connectivity index (χ1) is 12.5. The van der Waals surface area contributed by atoms with E-state index in [-0.39, 0.29) is 16.9 Å². The first-order valence-electron chi connectivity index (χ1n) is 7.82. The summed E-state index contributed by atoms with van der Waals surface area (Å²) in [5.74, 6) is 0.499. The van der Waals surface area contributed by atoms with Crippen LogP contribution in [0.15, 0.2) is 15.4 Å². The number of rotatable bonds is 6. The van der Waals surface area contributed by atoms with Crippen molar-refractivity contribution in [2.45, 2.75) is 38.3 Å². The third kappa shape index (κ3) is 4.69. The molecule has 3 aromatic heterocycles. The van der Waals surface area contributed by atoms with Gasteiger partial charge in [0.05, 0.1) is 11.4 Å². The van der Waals surface area contributed by atoms with Crippen LogP contribution in [-0.2, 0) is 15.5 Å². The fraction of sp³-hybridized carbons (Fsp3) is 0.538. The minimum absolute atomic E-state index is 0.151. The van der Waals surface area contributed by atoms with Crippen LogP contribution >= 0.6 is 23.3 Å². The van der Waals surface area contributed by atoms with Gasteiger partial charge in [-0.25, -0.2) is 0 Å². The van der Waals surface area contributed by atoms with Crippen molar-refractivity contribution in [3.05, 3.63) is 11.5 Å². The molecule has 3 heterocycles. The maximum Gasteiger partial charge on any atom is 0.265 e. The van der Waals surface area contributed by atoms with Crippen LogP contribution in [-0.4, -0.2) is 53.6 Å². The smallest absolute Gasteiger partial charge is 0.265 e. The highest BCUT2D eigenvalue weighted by Gasteiger charge is 2.26. The van der Waals surface area contributed by atoms with E-state index in [0.29, 0.717) is 27.4 Å². The number of nitrogens with zero attached hydrogens (tertiary/aromatic N) is 7. The maximum atomic E-state index is 10.7. The van der Waals surface area contributed by atoms with E-state index in [1.807, 2.05) is 27.7 Å². The second kappa shape index (κ2) is 7.26. The molecule has 0 saturated carbocycles. The number of nitrogens with one attached hydrogen (secondary N) is 1. The predicted molar refractivity (Wildman–Crippen MR) is 102 cm³/mol. The molecule has 0 saturated heterocycles. The molecule has 0 aliphatic heterocycles. The SMILES string of the molecule is Cc1n[nH]c2c(/N=N/c3nc(SCCS(=O)(=O)O)ns3)c(C(C)(C)C)nn12. The number of aryl methyl sites for hydroxylation is 1. The number of aromatic amines is 1. The van der Waals surface area contributed by atoms with Crippen LogP contribution < -0.4 is 0 Å². The molecule has 11 nitrogen and oxygen atoms in total. The van der Waals surface area contributed by atoms with Crippen molar-refractivity contribution in [1.82, 2.24) is 29.2 Å². The van der Waals surface area contributed by atoms with Gasteiger partial charge in [0.25, 0.3) is 10.1 Å². The molecule has 0 fully saturated rings. The van der Waals surface area contributed by atoms with Crippen molar-refractivity contribution in [3.8, 4) is 0 Å². The Morgan fingerprint density at radius 3 is 2.74 bits per heavy atom. The van der Waals surface area contributed by atoms with Crippen molar-refractivity contribution in [2.24, 2.45) is 10.2 Å². The van der Waals surface area contributed by atoms with Gasteiger partial charge in [-0.1, -0.05) is 32.5 Å².